The quantitative estimate of drug-likeness (QED) is 0.329. The molecule has 0 atom stereocenters. The zero-order valence-corrected chi connectivity index (χ0v) is 7.62. The van der Waals surface area contributed by atoms with Crippen LogP contribution in [0, 0.1) is 0 Å². The number of anilines is 2. The first-order valence-corrected chi connectivity index (χ1v) is 4.43. The Morgan fingerprint density at radius 2 is 2.07 bits per heavy atom. The lowest BCUT2D eigenvalue weighted by Gasteiger charge is -2.08. The first-order chi connectivity index (χ1) is 6.72. The van der Waals surface area contributed by atoms with Gasteiger partial charge in [-0.2, -0.15) is 0 Å². The van der Waals surface area contributed by atoms with Gasteiger partial charge in [0.15, 0.2) is 0 Å². The summed E-state index contributed by atoms with van der Waals surface area (Å²) in [5.74, 6) is 0.251. The standard InChI is InChI=1S/C10H12N2O2/c11-7-3-4-8(9(5-7)12-14)10(13)6-1-2-6/h3-5,12-14H,1-2,11H2. The van der Waals surface area contributed by atoms with Crippen molar-refractivity contribution in [2.24, 2.45) is 0 Å². The second kappa shape index (κ2) is 3.23. The van der Waals surface area contributed by atoms with Gasteiger partial charge in [0.2, 0.25) is 0 Å². The minimum absolute atomic E-state index is 0.251. The third kappa shape index (κ3) is 1.52. The van der Waals surface area contributed by atoms with Gasteiger partial charge in [0.05, 0.1) is 5.69 Å². The Morgan fingerprint density at radius 3 is 2.64 bits per heavy atom. The molecule has 1 aliphatic carbocycles. The van der Waals surface area contributed by atoms with Crippen LogP contribution in [0.4, 0.5) is 11.4 Å². The zero-order chi connectivity index (χ0) is 10.1. The maximum absolute atomic E-state index is 9.75. The predicted octanol–water partition coefficient (Wildman–Crippen LogP) is 2.13. The van der Waals surface area contributed by atoms with E-state index in [4.69, 9.17) is 10.9 Å². The number of allylic oxidation sites excluding steroid dienone is 1. The lowest BCUT2D eigenvalue weighted by atomic mass is 10.1. The number of aliphatic hydroxyl groups is 1. The van der Waals surface area contributed by atoms with Gasteiger partial charge in [-0.3, -0.25) is 10.7 Å². The van der Waals surface area contributed by atoms with Gasteiger partial charge >= 0.3 is 0 Å². The summed E-state index contributed by atoms with van der Waals surface area (Å²) in [5.41, 5.74) is 10.2. The number of hydrogen-bond acceptors (Lipinski definition) is 4. The summed E-state index contributed by atoms with van der Waals surface area (Å²) in [6.45, 7) is 0. The third-order valence-electron chi connectivity index (χ3n) is 2.25. The molecule has 0 radical (unpaired) electrons. The van der Waals surface area contributed by atoms with Crippen LogP contribution in [-0.4, -0.2) is 10.3 Å². The molecule has 0 aliphatic heterocycles. The van der Waals surface area contributed by atoms with Gasteiger partial charge in [-0.15, -0.1) is 0 Å². The number of aliphatic hydroxyl groups excluding tert-OH is 1. The topological polar surface area (TPSA) is 78.5 Å². The Labute approximate surface area is 81.6 Å². The van der Waals surface area contributed by atoms with E-state index < -0.39 is 0 Å². The van der Waals surface area contributed by atoms with E-state index >= 15 is 0 Å². The molecule has 2 rings (SSSR count). The van der Waals surface area contributed by atoms with Crippen molar-refractivity contribution in [3.8, 4) is 0 Å². The van der Waals surface area contributed by atoms with E-state index in [-0.39, 0.29) is 5.76 Å². The molecule has 0 saturated heterocycles. The van der Waals surface area contributed by atoms with Crippen LogP contribution < -0.4 is 11.2 Å². The van der Waals surface area contributed by atoms with E-state index in [1.54, 1.807) is 18.2 Å². The summed E-state index contributed by atoms with van der Waals surface area (Å²) in [4.78, 5) is 0. The van der Waals surface area contributed by atoms with Crippen LogP contribution in [0.2, 0.25) is 0 Å². The lowest BCUT2D eigenvalue weighted by Crippen LogP contribution is -1.97. The molecule has 4 nitrogen and oxygen atoms in total. The average Bonchev–Trinajstić information content (AvgIpc) is 3.00. The molecule has 0 heterocycles. The Hall–Kier alpha value is -1.68. The Balaban J connectivity index is 2.47. The third-order valence-corrected chi connectivity index (χ3v) is 2.25. The van der Waals surface area contributed by atoms with Crippen LogP contribution in [0.25, 0.3) is 5.76 Å². The largest absolute Gasteiger partial charge is 0.507 e. The SMILES string of the molecule is Nc1ccc(C(O)=C2CC2)c(NO)c1. The van der Waals surface area contributed by atoms with Crippen LogP contribution in [-0.2, 0) is 0 Å². The van der Waals surface area contributed by atoms with Crippen LogP contribution in [0.3, 0.4) is 0 Å². The minimum atomic E-state index is 0.251. The summed E-state index contributed by atoms with van der Waals surface area (Å²) in [6, 6.07) is 4.96. The molecule has 0 aromatic heterocycles. The van der Waals surface area contributed by atoms with Gasteiger partial charge in [0.25, 0.3) is 0 Å². The molecule has 74 valence electrons. The summed E-state index contributed by atoms with van der Waals surface area (Å²) in [7, 11) is 0. The number of rotatable bonds is 2. The zero-order valence-electron chi connectivity index (χ0n) is 7.62. The fraction of sp³-hybridized carbons (Fsp3) is 0.200. The van der Waals surface area contributed by atoms with Crippen molar-refractivity contribution in [3.05, 3.63) is 29.3 Å². The number of nitrogens with one attached hydrogen (secondary N) is 1. The fourth-order valence-electron chi connectivity index (χ4n) is 1.35. The maximum atomic E-state index is 9.75. The van der Waals surface area contributed by atoms with Crippen molar-refractivity contribution >= 4 is 17.1 Å². The number of hydrogen-bond donors (Lipinski definition) is 4. The van der Waals surface area contributed by atoms with Crippen molar-refractivity contribution < 1.29 is 10.3 Å². The highest BCUT2D eigenvalue weighted by molar-refractivity contribution is 5.77. The molecule has 14 heavy (non-hydrogen) atoms. The number of nitrogens with two attached hydrogens (primary N) is 1. The molecule has 0 unspecified atom stereocenters. The van der Waals surface area contributed by atoms with E-state index in [1.165, 1.54) is 0 Å². The molecule has 1 aliphatic rings. The number of benzene rings is 1. The van der Waals surface area contributed by atoms with Crippen molar-refractivity contribution in [1.29, 1.82) is 0 Å². The van der Waals surface area contributed by atoms with E-state index in [1.807, 2.05) is 5.48 Å². The second-order valence-electron chi connectivity index (χ2n) is 3.37. The fourth-order valence-corrected chi connectivity index (χ4v) is 1.35. The summed E-state index contributed by atoms with van der Waals surface area (Å²) >= 11 is 0. The van der Waals surface area contributed by atoms with Crippen LogP contribution in [0.5, 0.6) is 0 Å². The van der Waals surface area contributed by atoms with Gasteiger partial charge in [-0.1, -0.05) is 0 Å². The summed E-state index contributed by atoms with van der Waals surface area (Å²) < 4.78 is 0. The Morgan fingerprint density at radius 1 is 1.36 bits per heavy atom. The molecule has 0 bridgehead atoms. The van der Waals surface area contributed by atoms with Gasteiger partial charge in [0, 0.05) is 11.3 Å². The first-order valence-electron chi connectivity index (χ1n) is 4.43. The molecule has 1 aromatic rings. The van der Waals surface area contributed by atoms with Gasteiger partial charge in [0.1, 0.15) is 5.76 Å². The van der Waals surface area contributed by atoms with E-state index in [2.05, 4.69) is 0 Å². The van der Waals surface area contributed by atoms with Crippen LogP contribution in [0.15, 0.2) is 23.8 Å². The van der Waals surface area contributed by atoms with Crippen molar-refractivity contribution in [1.82, 2.24) is 0 Å². The molecule has 4 heteroatoms. The van der Waals surface area contributed by atoms with E-state index in [9.17, 15) is 5.11 Å². The normalized spacial score (nSPS) is 13.9. The van der Waals surface area contributed by atoms with Crippen molar-refractivity contribution in [2.45, 2.75) is 12.8 Å². The molecular weight excluding hydrogens is 180 g/mol. The molecule has 1 saturated carbocycles. The highest BCUT2D eigenvalue weighted by Crippen LogP contribution is 2.37. The lowest BCUT2D eigenvalue weighted by molar-refractivity contribution is 0.388. The Bertz CT molecular complexity index is 393. The Kier molecular flexibility index (Phi) is 2.05. The van der Waals surface area contributed by atoms with E-state index in [0.29, 0.717) is 16.9 Å². The molecule has 0 spiro atoms. The smallest absolute Gasteiger partial charge is 0.124 e. The molecule has 0 amide bonds. The molecular formula is C10H12N2O2. The van der Waals surface area contributed by atoms with Gasteiger partial charge in [-0.25, -0.2) is 0 Å². The molecule has 5 N–H and O–H groups in total. The second-order valence-corrected chi connectivity index (χ2v) is 3.37. The minimum Gasteiger partial charge on any atom is -0.507 e. The molecule has 1 aromatic carbocycles. The highest BCUT2D eigenvalue weighted by atomic mass is 16.5. The highest BCUT2D eigenvalue weighted by Gasteiger charge is 2.20. The molecule has 1 fully saturated rings. The monoisotopic (exact) mass is 192 g/mol. The van der Waals surface area contributed by atoms with Crippen molar-refractivity contribution in [3.63, 3.8) is 0 Å². The van der Waals surface area contributed by atoms with E-state index in [0.717, 1.165) is 18.4 Å². The van der Waals surface area contributed by atoms with Crippen molar-refractivity contribution in [2.75, 3.05) is 11.2 Å². The van der Waals surface area contributed by atoms with Gasteiger partial charge in [-0.05, 0) is 36.6 Å². The number of nitrogen functional groups attached to an aromatic ring is 1. The first kappa shape index (κ1) is 8.90. The van der Waals surface area contributed by atoms with Gasteiger partial charge < -0.3 is 10.8 Å². The average molecular weight is 192 g/mol. The predicted molar refractivity (Wildman–Crippen MR) is 55.0 cm³/mol. The summed E-state index contributed by atoms with van der Waals surface area (Å²) in [5, 5.41) is 18.6. The maximum Gasteiger partial charge on any atom is 0.124 e. The summed E-state index contributed by atoms with van der Waals surface area (Å²) in [6.07, 6.45) is 1.86. The van der Waals surface area contributed by atoms with Crippen LogP contribution >= 0.6 is 0 Å². The van der Waals surface area contributed by atoms with Crippen LogP contribution in [0.1, 0.15) is 18.4 Å².